The van der Waals surface area contributed by atoms with Gasteiger partial charge in [-0.2, -0.15) is 4.98 Å². The van der Waals surface area contributed by atoms with Crippen LogP contribution in [0.5, 0.6) is 0 Å². The second-order valence-electron chi connectivity index (χ2n) is 9.47. The minimum atomic E-state index is -1.07. The summed E-state index contributed by atoms with van der Waals surface area (Å²) in [6.07, 6.45) is 8.19. The minimum Gasteiger partial charge on any atom is -0.394 e. The first kappa shape index (κ1) is 19.9. The van der Waals surface area contributed by atoms with E-state index in [1.54, 1.807) is 6.20 Å². The van der Waals surface area contributed by atoms with E-state index in [2.05, 4.69) is 26.9 Å². The maximum Gasteiger partial charge on any atom is 0.227 e. The molecule has 2 aliphatic carbocycles. The van der Waals surface area contributed by atoms with Gasteiger partial charge in [0, 0.05) is 29.4 Å². The van der Waals surface area contributed by atoms with Gasteiger partial charge in [-0.3, -0.25) is 4.21 Å². The number of rotatable bonds is 4. The second-order valence-corrected chi connectivity index (χ2v) is 11.4. The number of anilines is 2. The van der Waals surface area contributed by atoms with Gasteiger partial charge in [-0.1, -0.05) is 23.7 Å². The smallest absolute Gasteiger partial charge is 0.227 e. The van der Waals surface area contributed by atoms with Crippen LogP contribution < -0.4 is 9.80 Å². The van der Waals surface area contributed by atoms with Crippen LogP contribution in [0.4, 0.5) is 11.8 Å². The van der Waals surface area contributed by atoms with Crippen LogP contribution >= 0.6 is 11.6 Å². The Bertz CT molecular complexity index is 1010. The first-order chi connectivity index (χ1) is 15.1. The van der Waals surface area contributed by atoms with Crippen LogP contribution in [0.2, 0.25) is 5.02 Å². The van der Waals surface area contributed by atoms with Crippen molar-refractivity contribution in [1.82, 2.24) is 9.97 Å². The van der Waals surface area contributed by atoms with Crippen LogP contribution in [0.15, 0.2) is 35.4 Å². The molecule has 1 aromatic heterocycles. The van der Waals surface area contributed by atoms with Gasteiger partial charge in [-0.25, -0.2) is 4.98 Å². The Kier molecular flexibility index (Phi) is 4.78. The van der Waals surface area contributed by atoms with Gasteiger partial charge in [0.1, 0.15) is 0 Å². The molecule has 3 unspecified atom stereocenters. The summed E-state index contributed by atoms with van der Waals surface area (Å²) in [5, 5.41) is 10.9. The zero-order valence-electron chi connectivity index (χ0n) is 17.4. The van der Waals surface area contributed by atoms with Gasteiger partial charge in [-0.05, 0) is 62.1 Å². The predicted octanol–water partition coefficient (Wildman–Crippen LogP) is 3.50. The molecule has 8 heteroatoms. The molecule has 1 aromatic carbocycles. The highest BCUT2D eigenvalue weighted by Crippen LogP contribution is 2.48. The van der Waals surface area contributed by atoms with Crippen molar-refractivity contribution in [3.8, 4) is 0 Å². The van der Waals surface area contributed by atoms with Gasteiger partial charge in [-0.15, -0.1) is 0 Å². The fourth-order valence-electron chi connectivity index (χ4n) is 5.99. The number of hydrogen-bond donors (Lipinski definition) is 1. The molecular formula is C23H27ClN4O2S. The van der Waals surface area contributed by atoms with E-state index in [1.807, 2.05) is 12.1 Å². The Labute approximate surface area is 190 Å². The van der Waals surface area contributed by atoms with Gasteiger partial charge in [0.15, 0.2) is 5.82 Å². The molecule has 0 radical (unpaired) electrons. The molecule has 4 fully saturated rings. The molecular weight excluding hydrogens is 432 g/mol. The summed E-state index contributed by atoms with van der Waals surface area (Å²) in [6.45, 7) is 0.804. The highest BCUT2D eigenvalue weighted by atomic mass is 35.5. The van der Waals surface area contributed by atoms with Crippen LogP contribution in [0.25, 0.3) is 0 Å². The van der Waals surface area contributed by atoms with Gasteiger partial charge in [0.05, 0.1) is 34.0 Å². The number of fused-ring (bicyclic) bond motifs is 3. The third kappa shape index (κ3) is 3.11. The molecule has 2 saturated carbocycles. The highest BCUT2D eigenvalue weighted by molar-refractivity contribution is 7.85. The lowest BCUT2D eigenvalue weighted by Gasteiger charge is -2.56. The molecule has 3 atom stereocenters. The molecule has 2 aromatic rings. The van der Waals surface area contributed by atoms with Crippen molar-refractivity contribution in [3.63, 3.8) is 0 Å². The van der Waals surface area contributed by atoms with Crippen LogP contribution in [0.1, 0.15) is 50.0 Å². The van der Waals surface area contributed by atoms with Crippen LogP contribution in [0, 0.1) is 0 Å². The van der Waals surface area contributed by atoms with E-state index in [4.69, 9.17) is 16.6 Å². The Morgan fingerprint density at radius 3 is 2.55 bits per heavy atom. The Hall–Kier alpha value is -1.70. The number of piperidine rings is 1. The molecule has 2 bridgehead atoms. The average molecular weight is 459 g/mol. The molecule has 0 spiro atoms. The number of nitrogens with zero attached hydrogens (tertiary/aromatic N) is 4. The third-order valence-corrected chi connectivity index (χ3v) is 9.48. The lowest BCUT2D eigenvalue weighted by Crippen LogP contribution is -2.62. The van der Waals surface area contributed by atoms with E-state index in [0.29, 0.717) is 30.3 Å². The molecule has 31 heavy (non-hydrogen) atoms. The van der Waals surface area contributed by atoms with E-state index in [0.717, 1.165) is 53.8 Å². The summed E-state index contributed by atoms with van der Waals surface area (Å²) in [5.41, 5.74) is 1.12. The fraction of sp³-hybridized carbons (Fsp3) is 0.565. The number of hydrogen-bond acceptors (Lipinski definition) is 6. The second kappa shape index (κ2) is 7.42. The minimum absolute atomic E-state index is 0.121. The molecule has 0 amide bonds. The van der Waals surface area contributed by atoms with Crippen LogP contribution in [0.3, 0.4) is 0 Å². The number of aromatic nitrogens is 2. The van der Waals surface area contributed by atoms with Gasteiger partial charge >= 0.3 is 0 Å². The Balaban J connectivity index is 1.27. The summed E-state index contributed by atoms with van der Waals surface area (Å²) in [6, 6.07) is 9.14. The molecule has 164 valence electrons. The summed E-state index contributed by atoms with van der Waals surface area (Å²) in [5.74, 6) is 2.66. The number of benzene rings is 1. The first-order valence-electron chi connectivity index (χ1n) is 11.3. The molecule has 1 N–H and O–H groups in total. The van der Waals surface area contributed by atoms with Gasteiger partial charge < -0.3 is 14.9 Å². The van der Waals surface area contributed by atoms with Crippen molar-refractivity contribution in [2.75, 3.05) is 28.7 Å². The van der Waals surface area contributed by atoms with Gasteiger partial charge in [0.25, 0.3) is 0 Å². The maximum absolute atomic E-state index is 12.7. The SMILES string of the molecule is O=S1CCN(C2(CO)CCC2)c2nc(N3C4CC(c5ccc(Cl)cc5)CC3C4)ncc21. The van der Waals surface area contributed by atoms with Crippen molar-refractivity contribution in [1.29, 1.82) is 0 Å². The predicted molar refractivity (Wildman–Crippen MR) is 122 cm³/mol. The van der Waals surface area contributed by atoms with Crippen molar-refractivity contribution < 1.29 is 9.32 Å². The zero-order chi connectivity index (χ0) is 21.2. The lowest BCUT2D eigenvalue weighted by molar-refractivity contribution is 0.115. The summed E-state index contributed by atoms with van der Waals surface area (Å²) in [4.78, 5) is 14.9. The summed E-state index contributed by atoms with van der Waals surface area (Å²) in [7, 11) is -1.07. The monoisotopic (exact) mass is 458 g/mol. The third-order valence-electron chi connectivity index (χ3n) is 7.89. The molecule has 7 rings (SSSR count). The largest absolute Gasteiger partial charge is 0.394 e. The van der Waals surface area contributed by atoms with E-state index in [9.17, 15) is 9.32 Å². The summed E-state index contributed by atoms with van der Waals surface area (Å²) >= 11 is 6.06. The number of aliphatic hydroxyl groups is 1. The van der Waals surface area contributed by atoms with Crippen molar-refractivity contribution in [3.05, 3.63) is 41.0 Å². The molecule has 6 nitrogen and oxygen atoms in total. The normalized spacial score (nSPS) is 30.9. The zero-order valence-corrected chi connectivity index (χ0v) is 19.0. The summed E-state index contributed by atoms with van der Waals surface area (Å²) < 4.78 is 12.7. The van der Waals surface area contributed by atoms with E-state index in [1.165, 1.54) is 12.0 Å². The van der Waals surface area contributed by atoms with Crippen LogP contribution in [-0.4, -0.2) is 55.8 Å². The Morgan fingerprint density at radius 2 is 1.90 bits per heavy atom. The van der Waals surface area contributed by atoms with Crippen molar-refractivity contribution in [2.24, 2.45) is 0 Å². The first-order valence-corrected chi connectivity index (χ1v) is 13.0. The maximum atomic E-state index is 12.7. The van der Waals surface area contributed by atoms with Crippen LogP contribution in [-0.2, 0) is 10.8 Å². The fourth-order valence-corrected chi connectivity index (χ4v) is 7.21. The van der Waals surface area contributed by atoms with E-state index < -0.39 is 10.8 Å². The van der Waals surface area contributed by atoms with Crippen molar-refractivity contribution >= 4 is 34.2 Å². The topological polar surface area (TPSA) is 69.6 Å². The molecule has 5 aliphatic rings. The lowest BCUT2D eigenvalue weighted by atomic mass is 9.71. The number of aliphatic hydroxyl groups excluding tert-OH is 1. The molecule has 3 aliphatic heterocycles. The van der Waals surface area contributed by atoms with E-state index in [-0.39, 0.29) is 12.1 Å². The van der Waals surface area contributed by atoms with E-state index >= 15 is 0 Å². The Morgan fingerprint density at radius 1 is 1.16 bits per heavy atom. The highest BCUT2D eigenvalue weighted by Gasteiger charge is 2.49. The molecule has 2 saturated heterocycles. The number of halogens is 1. The standard InChI is InChI=1S/C23H27ClN4O2S/c24-17-4-2-15(3-5-17)16-10-18-12-19(11-16)28(18)22-25-13-20-21(26-22)27(8-9-31(20)30)23(14-29)6-1-7-23/h2-5,13,16,18-19,29H,1,6-12,14H2. The average Bonchev–Trinajstić information content (AvgIpc) is 2.75. The van der Waals surface area contributed by atoms with Crippen molar-refractivity contribution in [2.45, 2.75) is 67.0 Å². The van der Waals surface area contributed by atoms with Gasteiger partial charge in [0.2, 0.25) is 5.95 Å². The molecule has 4 heterocycles. The quantitative estimate of drug-likeness (QED) is 0.756.